The van der Waals surface area contributed by atoms with Gasteiger partial charge in [-0.15, -0.1) is 0 Å². The van der Waals surface area contributed by atoms with E-state index in [2.05, 4.69) is 37.9 Å². The van der Waals surface area contributed by atoms with E-state index in [1.54, 1.807) is 0 Å². The Morgan fingerprint density at radius 2 is 1.59 bits per heavy atom. The first-order valence-electron chi connectivity index (χ1n) is 8.95. The first-order chi connectivity index (χ1) is 10.2. The molecule has 4 heteroatoms. The molecule has 0 atom stereocenters. The fourth-order valence-electron chi connectivity index (χ4n) is 4.80. The molecule has 1 saturated carbocycles. The number of hydrogen-bond donors (Lipinski definition) is 2. The fourth-order valence-corrected chi connectivity index (χ4v) is 4.80. The van der Waals surface area contributed by atoms with Gasteiger partial charge in [0.15, 0.2) is 0 Å². The summed E-state index contributed by atoms with van der Waals surface area (Å²) in [6.07, 6.45) is 8.89. The van der Waals surface area contributed by atoms with Crippen LogP contribution in [0.15, 0.2) is 0 Å². The van der Waals surface area contributed by atoms with Crippen molar-refractivity contribution >= 4 is 5.97 Å². The summed E-state index contributed by atoms with van der Waals surface area (Å²) in [6.45, 7) is 9.81. The highest BCUT2D eigenvalue weighted by atomic mass is 16.4. The van der Waals surface area contributed by atoms with Gasteiger partial charge < -0.3 is 10.4 Å². The van der Waals surface area contributed by atoms with Gasteiger partial charge in [-0.2, -0.15) is 0 Å². The molecule has 0 spiro atoms. The Morgan fingerprint density at radius 3 is 2.09 bits per heavy atom. The van der Waals surface area contributed by atoms with Gasteiger partial charge in [-0.1, -0.05) is 19.3 Å². The highest BCUT2D eigenvalue weighted by molar-refractivity contribution is 5.66. The Labute approximate surface area is 135 Å². The highest BCUT2D eigenvalue weighted by Crippen LogP contribution is 2.35. The normalized spacial score (nSPS) is 26.2. The largest absolute Gasteiger partial charge is 0.481 e. The number of nitrogens with zero attached hydrogens (tertiary/aromatic N) is 1. The molecule has 0 aromatic rings. The van der Waals surface area contributed by atoms with Gasteiger partial charge in [0.2, 0.25) is 0 Å². The molecule has 1 aliphatic carbocycles. The van der Waals surface area contributed by atoms with Gasteiger partial charge >= 0.3 is 5.97 Å². The molecule has 4 nitrogen and oxygen atoms in total. The molecule has 2 fully saturated rings. The van der Waals surface area contributed by atoms with Crippen LogP contribution >= 0.6 is 0 Å². The lowest BCUT2D eigenvalue weighted by Crippen LogP contribution is -2.63. The average Bonchev–Trinajstić information content (AvgIpc) is 2.36. The number of carboxylic acid groups (broad SMARTS) is 1. The molecule has 2 rings (SSSR count). The maximum Gasteiger partial charge on any atom is 0.304 e. The standard InChI is InChI=1S/C18H34N2O2/c1-17(2)12-15(13-18(3,4)19-17)20(11-10-16(21)22)14-8-6-5-7-9-14/h14-15,19H,5-13H2,1-4H3,(H,21,22). The van der Waals surface area contributed by atoms with Crippen molar-refractivity contribution in [2.24, 2.45) is 0 Å². The SMILES string of the molecule is CC1(C)CC(N(CCC(=O)O)C2CCCCC2)CC(C)(C)N1. The molecule has 128 valence electrons. The van der Waals surface area contributed by atoms with Crippen molar-refractivity contribution in [2.75, 3.05) is 6.54 Å². The van der Waals surface area contributed by atoms with E-state index in [0.717, 1.165) is 12.8 Å². The van der Waals surface area contributed by atoms with E-state index in [4.69, 9.17) is 5.11 Å². The van der Waals surface area contributed by atoms with Gasteiger partial charge in [0.25, 0.3) is 0 Å². The summed E-state index contributed by atoms with van der Waals surface area (Å²) in [6, 6.07) is 1.08. The second-order valence-corrected chi connectivity index (χ2v) is 8.63. The van der Waals surface area contributed by atoms with Crippen molar-refractivity contribution in [3.8, 4) is 0 Å². The lowest BCUT2D eigenvalue weighted by atomic mass is 9.78. The van der Waals surface area contributed by atoms with Gasteiger partial charge in [-0.05, 0) is 53.4 Å². The van der Waals surface area contributed by atoms with Crippen molar-refractivity contribution in [3.63, 3.8) is 0 Å². The van der Waals surface area contributed by atoms with Crippen LogP contribution in [-0.2, 0) is 4.79 Å². The Bertz CT molecular complexity index is 371. The van der Waals surface area contributed by atoms with Crippen LogP contribution in [0.25, 0.3) is 0 Å². The summed E-state index contributed by atoms with van der Waals surface area (Å²) in [5.74, 6) is -0.673. The number of carbonyl (C=O) groups is 1. The van der Waals surface area contributed by atoms with Gasteiger partial charge in [-0.3, -0.25) is 9.69 Å². The van der Waals surface area contributed by atoms with E-state index >= 15 is 0 Å². The monoisotopic (exact) mass is 310 g/mol. The molecule has 1 heterocycles. The Morgan fingerprint density at radius 1 is 1.05 bits per heavy atom. The molecule has 2 N–H and O–H groups in total. The van der Waals surface area contributed by atoms with Crippen LogP contribution in [0, 0.1) is 0 Å². The maximum atomic E-state index is 11.1. The molecule has 0 aromatic heterocycles. The number of hydrogen-bond acceptors (Lipinski definition) is 3. The molecule has 0 unspecified atom stereocenters. The van der Waals surface area contributed by atoms with Crippen LogP contribution in [-0.4, -0.2) is 45.7 Å². The zero-order valence-electron chi connectivity index (χ0n) is 14.8. The van der Waals surface area contributed by atoms with Crippen LogP contribution in [0.2, 0.25) is 0 Å². The van der Waals surface area contributed by atoms with Crippen molar-refractivity contribution < 1.29 is 9.90 Å². The van der Waals surface area contributed by atoms with E-state index in [9.17, 15) is 4.79 Å². The van der Waals surface area contributed by atoms with Gasteiger partial charge in [0.05, 0.1) is 6.42 Å². The van der Waals surface area contributed by atoms with E-state index in [-0.39, 0.29) is 17.5 Å². The summed E-state index contributed by atoms with van der Waals surface area (Å²) >= 11 is 0. The summed E-state index contributed by atoms with van der Waals surface area (Å²) in [5.41, 5.74) is 0.227. The molecule has 22 heavy (non-hydrogen) atoms. The molecule has 0 radical (unpaired) electrons. The molecule has 0 amide bonds. The predicted octanol–water partition coefficient (Wildman–Crippen LogP) is 3.41. The Hall–Kier alpha value is -0.610. The van der Waals surface area contributed by atoms with E-state index in [1.165, 1.54) is 32.1 Å². The Balaban J connectivity index is 2.13. The molecule has 0 aromatic carbocycles. The van der Waals surface area contributed by atoms with Crippen LogP contribution in [0.3, 0.4) is 0 Å². The predicted molar refractivity (Wildman–Crippen MR) is 90.1 cm³/mol. The van der Waals surface area contributed by atoms with Crippen LogP contribution in [0.1, 0.15) is 79.1 Å². The van der Waals surface area contributed by atoms with Crippen molar-refractivity contribution in [2.45, 2.75) is 102 Å². The molecule has 1 saturated heterocycles. The van der Waals surface area contributed by atoms with Crippen molar-refractivity contribution in [1.29, 1.82) is 0 Å². The van der Waals surface area contributed by atoms with Gasteiger partial charge in [-0.25, -0.2) is 0 Å². The smallest absolute Gasteiger partial charge is 0.304 e. The number of nitrogens with one attached hydrogen (secondary N) is 1. The number of piperidine rings is 1. The third kappa shape index (κ3) is 4.95. The summed E-state index contributed by atoms with van der Waals surface area (Å²) in [7, 11) is 0. The summed E-state index contributed by atoms with van der Waals surface area (Å²) in [5, 5.41) is 12.9. The van der Waals surface area contributed by atoms with Crippen molar-refractivity contribution in [3.05, 3.63) is 0 Å². The van der Waals surface area contributed by atoms with Gasteiger partial charge in [0, 0.05) is 29.7 Å². The Kier molecular flexibility index (Phi) is 5.54. The third-order valence-electron chi connectivity index (χ3n) is 5.27. The number of aliphatic carboxylic acids is 1. The minimum absolute atomic E-state index is 0.114. The quantitative estimate of drug-likeness (QED) is 0.817. The minimum Gasteiger partial charge on any atom is -0.481 e. The number of rotatable bonds is 5. The van der Waals surface area contributed by atoms with E-state index in [1.807, 2.05) is 0 Å². The molecular formula is C18H34N2O2. The molecule has 0 bridgehead atoms. The lowest BCUT2D eigenvalue weighted by Gasteiger charge is -2.51. The first kappa shape index (κ1) is 17.7. The molecule has 1 aliphatic heterocycles. The van der Waals surface area contributed by atoms with Crippen LogP contribution in [0.4, 0.5) is 0 Å². The zero-order valence-corrected chi connectivity index (χ0v) is 14.8. The fraction of sp³-hybridized carbons (Fsp3) is 0.944. The summed E-state index contributed by atoms with van der Waals surface area (Å²) < 4.78 is 0. The lowest BCUT2D eigenvalue weighted by molar-refractivity contribution is -0.137. The second-order valence-electron chi connectivity index (χ2n) is 8.63. The van der Waals surface area contributed by atoms with Gasteiger partial charge in [0.1, 0.15) is 0 Å². The first-order valence-corrected chi connectivity index (χ1v) is 8.95. The van der Waals surface area contributed by atoms with E-state index in [0.29, 0.717) is 18.6 Å². The molecule has 2 aliphatic rings. The number of carboxylic acids is 1. The average molecular weight is 310 g/mol. The zero-order chi connectivity index (χ0) is 16.4. The second kappa shape index (κ2) is 6.88. The minimum atomic E-state index is -0.673. The molecular weight excluding hydrogens is 276 g/mol. The van der Waals surface area contributed by atoms with Crippen LogP contribution in [0.5, 0.6) is 0 Å². The highest BCUT2D eigenvalue weighted by Gasteiger charge is 2.41. The topological polar surface area (TPSA) is 52.6 Å². The van der Waals surface area contributed by atoms with Crippen molar-refractivity contribution in [1.82, 2.24) is 10.2 Å². The third-order valence-corrected chi connectivity index (χ3v) is 5.27. The maximum absolute atomic E-state index is 11.1. The van der Waals surface area contributed by atoms with Crippen LogP contribution < -0.4 is 5.32 Å². The summed E-state index contributed by atoms with van der Waals surface area (Å²) in [4.78, 5) is 13.6. The van der Waals surface area contributed by atoms with E-state index < -0.39 is 5.97 Å².